The first-order valence-corrected chi connectivity index (χ1v) is 5.93. The molecule has 0 saturated carbocycles. The number of hydrogen-bond donors (Lipinski definition) is 1. The maximum Gasteiger partial charge on any atom is 0.128 e. The molecule has 2 rings (SSSR count). The highest BCUT2D eigenvalue weighted by molar-refractivity contribution is 5.83. The monoisotopic (exact) mass is 229 g/mol. The van der Waals surface area contributed by atoms with Crippen LogP contribution < -0.4 is 10.6 Å². The summed E-state index contributed by atoms with van der Waals surface area (Å²) in [4.78, 5) is 6.82. The first-order chi connectivity index (χ1) is 8.06. The van der Waals surface area contributed by atoms with E-state index in [4.69, 9.17) is 5.73 Å². The molecule has 0 radical (unpaired) electrons. The van der Waals surface area contributed by atoms with E-state index in [2.05, 4.69) is 36.8 Å². The van der Waals surface area contributed by atoms with E-state index < -0.39 is 0 Å². The third kappa shape index (κ3) is 2.67. The van der Waals surface area contributed by atoms with Gasteiger partial charge in [0.2, 0.25) is 0 Å². The molecule has 90 valence electrons. The van der Waals surface area contributed by atoms with Gasteiger partial charge in [0, 0.05) is 24.7 Å². The minimum absolute atomic E-state index is 0.629. The number of benzene rings is 1. The van der Waals surface area contributed by atoms with Gasteiger partial charge in [0.15, 0.2) is 0 Å². The van der Waals surface area contributed by atoms with Crippen molar-refractivity contribution in [2.45, 2.75) is 13.8 Å². The summed E-state index contributed by atoms with van der Waals surface area (Å²) < 4.78 is 0. The Morgan fingerprint density at radius 1 is 1.24 bits per heavy atom. The maximum atomic E-state index is 5.75. The highest BCUT2D eigenvalue weighted by Crippen LogP contribution is 2.20. The Morgan fingerprint density at radius 3 is 2.71 bits per heavy atom. The fourth-order valence-corrected chi connectivity index (χ4v) is 1.99. The van der Waals surface area contributed by atoms with Gasteiger partial charge in [-0.1, -0.05) is 13.8 Å². The van der Waals surface area contributed by atoms with Crippen molar-refractivity contribution in [3.63, 3.8) is 0 Å². The van der Waals surface area contributed by atoms with Crippen LogP contribution in [0.2, 0.25) is 0 Å². The SMILES string of the molecule is CC(C)CN(C)c1ccc2cc(N)ccc2n1. The average molecular weight is 229 g/mol. The smallest absolute Gasteiger partial charge is 0.128 e. The molecule has 0 amide bonds. The largest absolute Gasteiger partial charge is 0.399 e. The summed E-state index contributed by atoms with van der Waals surface area (Å²) in [5.41, 5.74) is 7.52. The van der Waals surface area contributed by atoms with Crippen molar-refractivity contribution >= 4 is 22.4 Å². The second kappa shape index (κ2) is 4.62. The standard InChI is InChI=1S/C14H19N3/c1-10(2)9-17(3)14-7-4-11-8-12(15)5-6-13(11)16-14/h4-8,10H,9,15H2,1-3H3. The van der Waals surface area contributed by atoms with Gasteiger partial charge in [0.25, 0.3) is 0 Å². The van der Waals surface area contributed by atoms with Gasteiger partial charge in [0.1, 0.15) is 5.82 Å². The Bertz CT molecular complexity index is 520. The van der Waals surface area contributed by atoms with Crippen molar-refractivity contribution in [1.29, 1.82) is 0 Å². The predicted octanol–water partition coefficient (Wildman–Crippen LogP) is 2.91. The minimum Gasteiger partial charge on any atom is -0.399 e. The van der Waals surface area contributed by atoms with Crippen LogP contribution >= 0.6 is 0 Å². The molecule has 0 spiro atoms. The lowest BCUT2D eigenvalue weighted by Crippen LogP contribution is -2.23. The van der Waals surface area contributed by atoms with E-state index in [1.54, 1.807) is 0 Å². The van der Waals surface area contributed by atoms with Crippen LogP contribution in [0.25, 0.3) is 10.9 Å². The number of nitrogens with two attached hydrogens (primary N) is 1. The van der Waals surface area contributed by atoms with Crippen LogP contribution in [-0.2, 0) is 0 Å². The molecule has 2 aromatic rings. The summed E-state index contributed by atoms with van der Waals surface area (Å²) in [6.07, 6.45) is 0. The Labute approximate surface area is 102 Å². The molecule has 0 bridgehead atoms. The summed E-state index contributed by atoms with van der Waals surface area (Å²) in [5.74, 6) is 1.64. The number of nitrogen functional groups attached to an aromatic ring is 1. The van der Waals surface area contributed by atoms with Crippen molar-refractivity contribution in [1.82, 2.24) is 4.98 Å². The van der Waals surface area contributed by atoms with E-state index in [9.17, 15) is 0 Å². The van der Waals surface area contributed by atoms with Crippen LogP contribution in [0.15, 0.2) is 30.3 Å². The molecule has 0 fully saturated rings. The summed E-state index contributed by atoms with van der Waals surface area (Å²) in [5, 5.41) is 1.09. The van der Waals surface area contributed by atoms with Crippen LogP contribution in [0.4, 0.5) is 11.5 Å². The van der Waals surface area contributed by atoms with Crippen molar-refractivity contribution < 1.29 is 0 Å². The molecular weight excluding hydrogens is 210 g/mol. The van der Waals surface area contributed by atoms with Gasteiger partial charge >= 0.3 is 0 Å². The van der Waals surface area contributed by atoms with E-state index in [0.29, 0.717) is 5.92 Å². The first-order valence-electron chi connectivity index (χ1n) is 5.93. The molecule has 3 nitrogen and oxygen atoms in total. The fourth-order valence-electron chi connectivity index (χ4n) is 1.99. The number of aromatic nitrogens is 1. The lowest BCUT2D eigenvalue weighted by Gasteiger charge is -2.20. The van der Waals surface area contributed by atoms with Crippen LogP contribution in [0.3, 0.4) is 0 Å². The Morgan fingerprint density at radius 2 is 2.00 bits per heavy atom. The van der Waals surface area contributed by atoms with Crippen LogP contribution in [0.1, 0.15) is 13.8 Å². The topological polar surface area (TPSA) is 42.1 Å². The normalized spacial score (nSPS) is 11.1. The van der Waals surface area contributed by atoms with Crippen molar-refractivity contribution in [3.05, 3.63) is 30.3 Å². The lowest BCUT2D eigenvalue weighted by atomic mass is 10.2. The molecule has 1 heterocycles. The second-order valence-electron chi connectivity index (χ2n) is 4.90. The van der Waals surface area contributed by atoms with Gasteiger partial charge in [-0.15, -0.1) is 0 Å². The van der Waals surface area contributed by atoms with E-state index in [-0.39, 0.29) is 0 Å². The van der Waals surface area contributed by atoms with Crippen LogP contribution in [0.5, 0.6) is 0 Å². The first kappa shape index (κ1) is 11.7. The molecule has 0 saturated heterocycles. The molecule has 1 aromatic heterocycles. The van der Waals surface area contributed by atoms with Gasteiger partial charge in [0.05, 0.1) is 5.52 Å². The summed E-state index contributed by atoms with van der Waals surface area (Å²) >= 11 is 0. The third-order valence-corrected chi connectivity index (χ3v) is 2.73. The minimum atomic E-state index is 0.629. The molecule has 0 aliphatic heterocycles. The van der Waals surface area contributed by atoms with E-state index in [1.807, 2.05) is 24.3 Å². The summed E-state index contributed by atoms with van der Waals surface area (Å²) in [6.45, 7) is 5.42. The molecule has 0 atom stereocenters. The number of nitrogens with zero attached hydrogens (tertiary/aromatic N) is 2. The van der Waals surface area contributed by atoms with Gasteiger partial charge in [-0.2, -0.15) is 0 Å². The highest BCUT2D eigenvalue weighted by atomic mass is 15.2. The molecule has 17 heavy (non-hydrogen) atoms. The zero-order valence-electron chi connectivity index (χ0n) is 10.6. The number of anilines is 2. The van der Waals surface area contributed by atoms with E-state index in [0.717, 1.165) is 29.0 Å². The van der Waals surface area contributed by atoms with Gasteiger partial charge in [-0.3, -0.25) is 0 Å². The fraction of sp³-hybridized carbons (Fsp3) is 0.357. The van der Waals surface area contributed by atoms with Crippen molar-refractivity contribution in [2.75, 3.05) is 24.2 Å². The Hall–Kier alpha value is -1.77. The molecule has 2 N–H and O–H groups in total. The molecule has 3 heteroatoms. The van der Waals surface area contributed by atoms with Crippen molar-refractivity contribution in [3.8, 4) is 0 Å². The van der Waals surface area contributed by atoms with Gasteiger partial charge < -0.3 is 10.6 Å². The molecule has 1 aromatic carbocycles. The summed E-state index contributed by atoms with van der Waals surface area (Å²) in [6, 6.07) is 9.93. The van der Waals surface area contributed by atoms with Crippen molar-refractivity contribution in [2.24, 2.45) is 5.92 Å². The Kier molecular flexibility index (Phi) is 3.18. The maximum absolute atomic E-state index is 5.75. The summed E-state index contributed by atoms with van der Waals surface area (Å²) in [7, 11) is 2.07. The number of hydrogen-bond acceptors (Lipinski definition) is 3. The Balaban J connectivity index is 2.34. The predicted molar refractivity (Wildman–Crippen MR) is 74.3 cm³/mol. The molecular formula is C14H19N3. The van der Waals surface area contributed by atoms with Crippen LogP contribution in [-0.4, -0.2) is 18.6 Å². The zero-order valence-corrected chi connectivity index (χ0v) is 10.6. The third-order valence-electron chi connectivity index (χ3n) is 2.73. The van der Waals surface area contributed by atoms with E-state index >= 15 is 0 Å². The quantitative estimate of drug-likeness (QED) is 0.823. The van der Waals surface area contributed by atoms with Gasteiger partial charge in [-0.25, -0.2) is 4.98 Å². The second-order valence-corrected chi connectivity index (χ2v) is 4.90. The number of pyridine rings is 1. The lowest BCUT2D eigenvalue weighted by molar-refractivity contribution is 0.635. The van der Waals surface area contributed by atoms with Gasteiger partial charge in [-0.05, 0) is 36.2 Å². The van der Waals surface area contributed by atoms with E-state index in [1.165, 1.54) is 0 Å². The van der Waals surface area contributed by atoms with Crippen LogP contribution in [0, 0.1) is 5.92 Å². The molecule has 0 aliphatic carbocycles. The zero-order chi connectivity index (χ0) is 12.4. The molecule has 0 unspecified atom stereocenters. The number of rotatable bonds is 3. The highest BCUT2D eigenvalue weighted by Gasteiger charge is 2.05. The molecule has 0 aliphatic rings. The number of fused-ring (bicyclic) bond motifs is 1. The average Bonchev–Trinajstić information content (AvgIpc) is 2.27.